The number of ether oxygens (including phenoxy) is 2. The average Bonchev–Trinajstić information content (AvgIpc) is 2.67. The fourth-order valence-electron chi connectivity index (χ4n) is 2.64. The van der Waals surface area contributed by atoms with Gasteiger partial charge in [0.25, 0.3) is 0 Å². The summed E-state index contributed by atoms with van der Waals surface area (Å²) in [7, 11) is 4.90. The smallest absolute Gasteiger partial charge is 0.317 e. The molecule has 0 fully saturated rings. The Morgan fingerprint density at radius 3 is 2.65 bits per heavy atom. The summed E-state index contributed by atoms with van der Waals surface area (Å²) < 4.78 is 10.6. The first-order chi connectivity index (χ1) is 12.5. The maximum absolute atomic E-state index is 12.5. The Bertz CT molecular complexity index is 814. The molecule has 1 atom stereocenters. The van der Waals surface area contributed by atoms with Gasteiger partial charge in [-0.2, -0.15) is 5.26 Å². The summed E-state index contributed by atoms with van der Waals surface area (Å²) in [4.78, 5) is 14.1. The lowest BCUT2D eigenvalue weighted by molar-refractivity contribution is 0.203. The Morgan fingerprint density at radius 2 is 2.00 bits per heavy atom. The van der Waals surface area contributed by atoms with E-state index < -0.39 is 0 Å². The number of methoxy groups -OCH3 is 2. The number of carbonyl (C=O) groups is 1. The van der Waals surface area contributed by atoms with Gasteiger partial charge in [0.2, 0.25) is 0 Å². The zero-order valence-electron chi connectivity index (χ0n) is 15.4. The fourth-order valence-corrected chi connectivity index (χ4v) is 2.64. The first kappa shape index (κ1) is 19.1. The summed E-state index contributed by atoms with van der Waals surface area (Å²) in [5.74, 6) is 1.38. The Balaban J connectivity index is 2.07. The summed E-state index contributed by atoms with van der Waals surface area (Å²) in [5, 5.41) is 11.9. The molecule has 0 aliphatic heterocycles. The first-order valence-corrected chi connectivity index (χ1v) is 8.21. The highest BCUT2D eigenvalue weighted by Crippen LogP contribution is 2.29. The molecule has 1 unspecified atom stereocenters. The van der Waals surface area contributed by atoms with Crippen molar-refractivity contribution in [2.24, 2.45) is 0 Å². The zero-order chi connectivity index (χ0) is 19.1. The highest BCUT2D eigenvalue weighted by molar-refractivity contribution is 5.74. The second-order valence-electron chi connectivity index (χ2n) is 5.95. The summed E-state index contributed by atoms with van der Waals surface area (Å²) in [5.41, 5.74) is 2.30. The molecule has 0 aliphatic carbocycles. The van der Waals surface area contributed by atoms with E-state index in [9.17, 15) is 4.79 Å². The van der Waals surface area contributed by atoms with E-state index in [0.29, 0.717) is 23.6 Å². The summed E-state index contributed by atoms with van der Waals surface area (Å²) in [6.45, 7) is 2.29. The second kappa shape index (κ2) is 8.77. The van der Waals surface area contributed by atoms with E-state index in [1.165, 1.54) is 0 Å². The average molecular weight is 353 g/mol. The molecule has 0 bridgehead atoms. The van der Waals surface area contributed by atoms with Crippen molar-refractivity contribution in [1.29, 1.82) is 5.26 Å². The van der Waals surface area contributed by atoms with Crippen LogP contribution in [0.15, 0.2) is 42.5 Å². The van der Waals surface area contributed by atoms with Crippen LogP contribution in [-0.4, -0.2) is 32.2 Å². The van der Waals surface area contributed by atoms with Gasteiger partial charge in [-0.15, -0.1) is 0 Å². The van der Waals surface area contributed by atoms with Crippen LogP contribution in [0, 0.1) is 11.3 Å². The quantitative estimate of drug-likeness (QED) is 0.863. The van der Waals surface area contributed by atoms with E-state index in [1.54, 1.807) is 38.3 Å². The number of rotatable bonds is 6. The molecule has 2 aromatic rings. The third-order valence-corrected chi connectivity index (χ3v) is 4.07. The van der Waals surface area contributed by atoms with E-state index in [-0.39, 0.29) is 12.1 Å². The molecule has 6 nitrogen and oxygen atoms in total. The predicted molar refractivity (Wildman–Crippen MR) is 99.1 cm³/mol. The van der Waals surface area contributed by atoms with Crippen molar-refractivity contribution in [2.75, 3.05) is 21.3 Å². The van der Waals surface area contributed by atoms with Crippen LogP contribution in [0.3, 0.4) is 0 Å². The number of hydrogen-bond acceptors (Lipinski definition) is 4. The third-order valence-electron chi connectivity index (χ3n) is 4.07. The fraction of sp³-hybridized carbons (Fsp3) is 0.300. The summed E-state index contributed by atoms with van der Waals surface area (Å²) in [6, 6.07) is 14.3. The van der Waals surface area contributed by atoms with Crippen molar-refractivity contribution in [3.8, 4) is 17.6 Å². The number of amides is 2. The first-order valence-electron chi connectivity index (χ1n) is 8.21. The van der Waals surface area contributed by atoms with Gasteiger partial charge in [0.05, 0.1) is 31.9 Å². The molecule has 0 heterocycles. The van der Waals surface area contributed by atoms with E-state index in [4.69, 9.17) is 14.7 Å². The van der Waals surface area contributed by atoms with Crippen molar-refractivity contribution in [1.82, 2.24) is 10.2 Å². The van der Waals surface area contributed by atoms with Crippen molar-refractivity contribution in [2.45, 2.75) is 19.5 Å². The van der Waals surface area contributed by atoms with Crippen molar-refractivity contribution < 1.29 is 14.3 Å². The van der Waals surface area contributed by atoms with Gasteiger partial charge in [-0.3, -0.25) is 0 Å². The number of nitriles is 1. The normalized spacial score (nSPS) is 11.2. The Labute approximate surface area is 153 Å². The Morgan fingerprint density at radius 1 is 1.23 bits per heavy atom. The van der Waals surface area contributed by atoms with Gasteiger partial charge in [0, 0.05) is 19.2 Å². The molecule has 0 aromatic heterocycles. The van der Waals surface area contributed by atoms with E-state index >= 15 is 0 Å². The van der Waals surface area contributed by atoms with E-state index in [0.717, 1.165) is 11.1 Å². The predicted octanol–water partition coefficient (Wildman–Crippen LogP) is 3.48. The van der Waals surface area contributed by atoms with Crippen LogP contribution in [0.5, 0.6) is 11.5 Å². The number of hydrogen-bond donors (Lipinski definition) is 1. The molecule has 6 heteroatoms. The van der Waals surface area contributed by atoms with E-state index in [1.807, 2.05) is 37.3 Å². The second-order valence-corrected chi connectivity index (χ2v) is 5.95. The molecule has 136 valence electrons. The molecule has 2 aromatic carbocycles. The lowest BCUT2D eigenvalue weighted by Gasteiger charge is -2.23. The van der Waals surface area contributed by atoms with Crippen LogP contribution < -0.4 is 14.8 Å². The SMILES string of the molecule is COc1ccc(OC)c(C(C)NC(=O)N(C)Cc2cccc(C#N)c2)c1. The molecule has 1 N–H and O–H groups in total. The van der Waals surface area contributed by atoms with Crippen LogP contribution >= 0.6 is 0 Å². The maximum atomic E-state index is 12.5. The largest absolute Gasteiger partial charge is 0.497 e. The highest BCUT2D eigenvalue weighted by Gasteiger charge is 2.17. The van der Waals surface area contributed by atoms with Crippen molar-refractivity contribution >= 4 is 6.03 Å². The molecular formula is C20H23N3O3. The standard InChI is InChI=1S/C20H23N3O3/c1-14(18-11-17(25-3)8-9-19(18)26-4)22-20(24)23(2)13-16-7-5-6-15(10-16)12-21/h5-11,14H,13H2,1-4H3,(H,22,24). The monoisotopic (exact) mass is 353 g/mol. The zero-order valence-corrected chi connectivity index (χ0v) is 15.4. The Hall–Kier alpha value is -3.20. The molecule has 0 saturated heterocycles. The van der Waals surface area contributed by atoms with Gasteiger partial charge < -0.3 is 19.7 Å². The van der Waals surface area contributed by atoms with Gasteiger partial charge in [0.1, 0.15) is 11.5 Å². The van der Waals surface area contributed by atoms with Crippen LogP contribution in [-0.2, 0) is 6.54 Å². The molecule has 2 rings (SSSR count). The summed E-state index contributed by atoms with van der Waals surface area (Å²) >= 11 is 0. The lowest BCUT2D eigenvalue weighted by Crippen LogP contribution is -2.38. The van der Waals surface area contributed by atoms with Gasteiger partial charge in [-0.25, -0.2) is 4.79 Å². The number of urea groups is 1. The molecule has 0 spiro atoms. The van der Waals surface area contributed by atoms with Gasteiger partial charge in [-0.1, -0.05) is 12.1 Å². The van der Waals surface area contributed by atoms with Crippen LogP contribution in [0.2, 0.25) is 0 Å². The number of carbonyl (C=O) groups excluding carboxylic acids is 1. The Kier molecular flexibility index (Phi) is 6.45. The van der Waals surface area contributed by atoms with Crippen LogP contribution in [0.4, 0.5) is 4.79 Å². The maximum Gasteiger partial charge on any atom is 0.317 e. The van der Waals surface area contributed by atoms with E-state index in [2.05, 4.69) is 11.4 Å². The molecule has 2 amide bonds. The van der Waals surface area contributed by atoms with Crippen LogP contribution in [0.1, 0.15) is 29.7 Å². The van der Waals surface area contributed by atoms with Crippen molar-refractivity contribution in [3.05, 3.63) is 59.2 Å². The van der Waals surface area contributed by atoms with Crippen LogP contribution in [0.25, 0.3) is 0 Å². The molecule has 0 radical (unpaired) electrons. The third kappa shape index (κ3) is 4.67. The molecule has 0 aliphatic rings. The van der Waals surface area contributed by atoms with Gasteiger partial charge in [-0.05, 0) is 42.8 Å². The minimum absolute atomic E-state index is 0.218. The number of benzene rings is 2. The minimum Gasteiger partial charge on any atom is -0.497 e. The lowest BCUT2D eigenvalue weighted by atomic mass is 10.1. The topological polar surface area (TPSA) is 74.6 Å². The van der Waals surface area contributed by atoms with Gasteiger partial charge >= 0.3 is 6.03 Å². The highest BCUT2D eigenvalue weighted by atomic mass is 16.5. The number of nitrogens with one attached hydrogen (secondary N) is 1. The molecule has 26 heavy (non-hydrogen) atoms. The minimum atomic E-state index is -0.263. The van der Waals surface area contributed by atoms with Gasteiger partial charge in [0.15, 0.2) is 0 Å². The number of nitrogens with zero attached hydrogens (tertiary/aromatic N) is 2. The van der Waals surface area contributed by atoms with Crippen molar-refractivity contribution in [3.63, 3.8) is 0 Å². The molecule has 0 saturated carbocycles. The summed E-state index contributed by atoms with van der Waals surface area (Å²) in [6.07, 6.45) is 0. The molecular weight excluding hydrogens is 330 g/mol.